The van der Waals surface area contributed by atoms with E-state index in [0.717, 1.165) is 9.80 Å². The number of barbiturate groups is 1. The Balaban J connectivity index is 2.87. The predicted molar refractivity (Wildman–Crippen MR) is 44.8 cm³/mol. The zero-order valence-corrected chi connectivity index (χ0v) is 7.74. The standard InChI is InChI=1S/C8H12N2O3/c1-3-9-6(11)5-7(12)10(4-2)8(9)13/h3-5H2,1-2H3. The van der Waals surface area contributed by atoms with Crippen LogP contribution in [-0.4, -0.2) is 40.7 Å². The van der Waals surface area contributed by atoms with Crippen molar-refractivity contribution < 1.29 is 14.4 Å². The number of hydrogen-bond donors (Lipinski definition) is 0. The minimum Gasteiger partial charge on any atom is -0.274 e. The lowest BCUT2D eigenvalue weighted by atomic mass is 10.2. The number of carbonyl (C=O) groups excluding carboxylic acids is 3. The van der Waals surface area contributed by atoms with Gasteiger partial charge >= 0.3 is 6.03 Å². The summed E-state index contributed by atoms with van der Waals surface area (Å²) >= 11 is 0. The van der Waals surface area contributed by atoms with Crippen LogP contribution in [0.4, 0.5) is 4.79 Å². The molecule has 1 aliphatic rings. The molecule has 0 radical (unpaired) electrons. The van der Waals surface area contributed by atoms with Crippen molar-refractivity contribution in [1.82, 2.24) is 9.80 Å². The van der Waals surface area contributed by atoms with Gasteiger partial charge < -0.3 is 0 Å². The van der Waals surface area contributed by atoms with Crippen LogP contribution in [0, 0.1) is 0 Å². The van der Waals surface area contributed by atoms with Crippen molar-refractivity contribution in [2.45, 2.75) is 20.3 Å². The molecule has 1 aliphatic heterocycles. The van der Waals surface area contributed by atoms with E-state index in [4.69, 9.17) is 0 Å². The molecule has 5 heteroatoms. The van der Waals surface area contributed by atoms with Gasteiger partial charge in [-0.3, -0.25) is 19.4 Å². The second kappa shape index (κ2) is 3.55. The molecule has 0 saturated carbocycles. The highest BCUT2D eigenvalue weighted by Crippen LogP contribution is 2.10. The summed E-state index contributed by atoms with van der Waals surface area (Å²) in [5.41, 5.74) is 0. The van der Waals surface area contributed by atoms with Crippen molar-refractivity contribution >= 4 is 17.8 Å². The third kappa shape index (κ3) is 1.54. The van der Waals surface area contributed by atoms with Crippen LogP contribution in [0.15, 0.2) is 0 Å². The second-order valence-corrected chi connectivity index (χ2v) is 2.74. The fourth-order valence-corrected chi connectivity index (χ4v) is 1.30. The summed E-state index contributed by atoms with van der Waals surface area (Å²) in [4.78, 5) is 35.9. The van der Waals surface area contributed by atoms with Crippen LogP contribution in [0.5, 0.6) is 0 Å². The van der Waals surface area contributed by atoms with E-state index >= 15 is 0 Å². The molecule has 1 saturated heterocycles. The summed E-state index contributed by atoms with van der Waals surface area (Å²) in [5.74, 6) is -0.801. The lowest BCUT2D eigenvalue weighted by Gasteiger charge is -2.31. The number of hydrogen-bond acceptors (Lipinski definition) is 3. The molecule has 72 valence electrons. The lowest BCUT2D eigenvalue weighted by molar-refractivity contribution is -0.142. The molecule has 1 fully saturated rings. The fraction of sp³-hybridized carbons (Fsp3) is 0.625. The Morgan fingerprint density at radius 2 is 1.38 bits per heavy atom. The van der Waals surface area contributed by atoms with Crippen LogP contribution < -0.4 is 0 Å². The predicted octanol–water partition coefficient (Wildman–Crippen LogP) is 0.207. The SMILES string of the molecule is CCN1C(=O)CC(=O)N(CC)C1=O. The van der Waals surface area contributed by atoms with Crippen molar-refractivity contribution in [3.05, 3.63) is 0 Å². The van der Waals surface area contributed by atoms with Crippen LogP contribution in [0.25, 0.3) is 0 Å². The molecular weight excluding hydrogens is 172 g/mol. The molecule has 1 heterocycles. The number of urea groups is 1. The molecule has 4 amide bonds. The quantitative estimate of drug-likeness (QED) is 0.576. The van der Waals surface area contributed by atoms with Gasteiger partial charge in [0.1, 0.15) is 6.42 Å². The molecule has 5 nitrogen and oxygen atoms in total. The van der Waals surface area contributed by atoms with Crippen molar-refractivity contribution in [2.24, 2.45) is 0 Å². The van der Waals surface area contributed by atoms with E-state index in [1.807, 2.05) is 0 Å². The zero-order valence-electron chi connectivity index (χ0n) is 7.74. The van der Waals surface area contributed by atoms with Gasteiger partial charge in [0, 0.05) is 13.1 Å². The molecule has 0 atom stereocenters. The first-order chi connectivity index (χ1) is 6.11. The van der Waals surface area contributed by atoms with Crippen LogP contribution in [0.3, 0.4) is 0 Å². The average Bonchev–Trinajstić information content (AvgIpc) is 2.04. The first-order valence-corrected chi connectivity index (χ1v) is 4.26. The Morgan fingerprint density at radius 1 is 1.00 bits per heavy atom. The average molecular weight is 184 g/mol. The van der Waals surface area contributed by atoms with Crippen LogP contribution in [0.2, 0.25) is 0 Å². The van der Waals surface area contributed by atoms with Gasteiger partial charge in [-0.05, 0) is 13.8 Å². The minimum absolute atomic E-state index is 0.187. The highest BCUT2D eigenvalue weighted by molar-refractivity contribution is 6.13. The number of amides is 4. The summed E-state index contributed by atoms with van der Waals surface area (Å²) in [5, 5.41) is 0. The third-order valence-electron chi connectivity index (χ3n) is 2.00. The molecule has 0 N–H and O–H groups in total. The summed E-state index contributed by atoms with van der Waals surface area (Å²) in [6, 6.07) is -0.494. The topological polar surface area (TPSA) is 57.7 Å². The summed E-state index contributed by atoms with van der Waals surface area (Å²) < 4.78 is 0. The highest BCUT2D eigenvalue weighted by atomic mass is 16.2. The maximum atomic E-state index is 11.4. The van der Waals surface area contributed by atoms with Gasteiger partial charge in [0.2, 0.25) is 11.8 Å². The second-order valence-electron chi connectivity index (χ2n) is 2.74. The summed E-state index contributed by atoms with van der Waals surface area (Å²) in [6.45, 7) is 4.06. The van der Waals surface area contributed by atoms with Crippen LogP contribution in [0.1, 0.15) is 20.3 Å². The molecule has 1 rings (SSSR count). The van der Waals surface area contributed by atoms with E-state index in [1.54, 1.807) is 13.8 Å². The van der Waals surface area contributed by atoms with Crippen LogP contribution >= 0.6 is 0 Å². The van der Waals surface area contributed by atoms with Crippen molar-refractivity contribution in [3.8, 4) is 0 Å². The first kappa shape index (κ1) is 9.70. The molecule has 0 aromatic carbocycles. The summed E-state index contributed by atoms with van der Waals surface area (Å²) in [7, 11) is 0. The smallest absolute Gasteiger partial charge is 0.274 e. The Kier molecular flexibility index (Phi) is 2.65. The van der Waals surface area contributed by atoms with Gasteiger partial charge in [-0.15, -0.1) is 0 Å². The van der Waals surface area contributed by atoms with Gasteiger partial charge in [-0.25, -0.2) is 4.79 Å². The van der Waals surface area contributed by atoms with E-state index < -0.39 is 17.8 Å². The van der Waals surface area contributed by atoms with Gasteiger partial charge in [-0.2, -0.15) is 0 Å². The number of carbonyl (C=O) groups is 3. The van der Waals surface area contributed by atoms with E-state index in [0.29, 0.717) is 13.1 Å². The zero-order chi connectivity index (χ0) is 10.0. The fourth-order valence-electron chi connectivity index (χ4n) is 1.30. The molecule has 0 aromatic heterocycles. The maximum Gasteiger partial charge on any atom is 0.333 e. The molecule has 0 unspecified atom stereocenters. The normalized spacial score (nSPS) is 18.5. The Bertz CT molecular complexity index is 238. The Labute approximate surface area is 76.3 Å². The van der Waals surface area contributed by atoms with Crippen molar-refractivity contribution in [3.63, 3.8) is 0 Å². The molecule has 0 aliphatic carbocycles. The van der Waals surface area contributed by atoms with Crippen molar-refractivity contribution in [2.75, 3.05) is 13.1 Å². The van der Waals surface area contributed by atoms with E-state index in [2.05, 4.69) is 0 Å². The third-order valence-corrected chi connectivity index (χ3v) is 2.00. The highest BCUT2D eigenvalue weighted by Gasteiger charge is 2.35. The molecular formula is C8H12N2O3. The van der Waals surface area contributed by atoms with E-state index in [9.17, 15) is 14.4 Å². The first-order valence-electron chi connectivity index (χ1n) is 4.26. The lowest BCUT2D eigenvalue weighted by Crippen LogP contribution is -2.54. The Hall–Kier alpha value is -1.39. The maximum absolute atomic E-state index is 11.4. The Morgan fingerprint density at radius 3 is 1.69 bits per heavy atom. The number of nitrogens with zero attached hydrogens (tertiary/aromatic N) is 2. The molecule has 0 aromatic rings. The number of rotatable bonds is 2. The monoisotopic (exact) mass is 184 g/mol. The van der Waals surface area contributed by atoms with Gasteiger partial charge in [0.05, 0.1) is 0 Å². The van der Waals surface area contributed by atoms with Crippen molar-refractivity contribution in [1.29, 1.82) is 0 Å². The summed E-state index contributed by atoms with van der Waals surface area (Å²) in [6.07, 6.45) is -0.187. The largest absolute Gasteiger partial charge is 0.333 e. The van der Waals surface area contributed by atoms with Gasteiger partial charge in [-0.1, -0.05) is 0 Å². The van der Waals surface area contributed by atoms with Gasteiger partial charge in [0.15, 0.2) is 0 Å². The minimum atomic E-state index is -0.494. The van der Waals surface area contributed by atoms with Gasteiger partial charge in [0.25, 0.3) is 0 Å². The number of imide groups is 2. The van der Waals surface area contributed by atoms with E-state index in [-0.39, 0.29) is 6.42 Å². The molecule has 13 heavy (non-hydrogen) atoms. The van der Waals surface area contributed by atoms with E-state index in [1.165, 1.54) is 0 Å². The van der Waals surface area contributed by atoms with Crippen LogP contribution in [-0.2, 0) is 9.59 Å². The molecule has 0 bridgehead atoms. The molecule has 0 spiro atoms.